The minimum absolute atomic E-state index is 0.0505. The van der Waals surface area contributed by atoms with Crippen molar-refractivity contribution in [3.8, 4) is 11.5 Å². The molecular weight excluding hydrogens is 340 g/mol. The third kappa shape index (κ3) is 5.11. The average Bonchev–Trinajstić information content (AvgIpc) is 3.04. The van der Waals surface area contributed by atoms with Crippen molar-refractivity contribution in [2.45, 2.75) is 19.0 Å². The molecule has 1 fully saturated rings. The monoisotopic (exact) mass is 360 g/mol. The van der Waals surface area contributed by atoms with Crippen LogP contribution in [-0.2, 0) is 11.3 Å². The van der Waals surface area contributed by atoms with Crippen molar-refractivity contribution < 1.29 is 14.3 Å². The van der Waals surface area contributed by atoms with E-state index in [0.29, 0.717) is 30.5 Å². The van der Waals surface area contributed by atoms with Crippen LogP contribution < -0.4 is 20.1 Å². The van der Waals surface area contributed by atoms with Crippen LogP contribution in [0.4, 0.5) is 0 Å². The van der Waals surface area contributed by atoms with Crippen LogP contribution in [0.1, 0.15) is 12.0 Å². The van der Waals surface area contributed by atoms with E-state index in [1.165, 1.54) is 0 Å². The van der Waals surface area contributed by atoms with E-state index in [4.69, 9.17) is 21.1 Å². The lowest BCUT2D eigenvalue weighted by Crippen LogP contribution is -2.35. The summed E-state index contributed by atoms with van der Waals surface area (Å²) in [7, 11) is 0. The molecule has 1 aliphatic rings. The first-order chi connectivity index (χ1) is 12.2. The predicted octanol–water partition coefficient (Wildman–Crippen LogP) is 2.78. The number of para-hydroxylation sites is 1. The van der Waals surface area contributed by atoms with E-state index in [9.17, 15) is 4.79 Å². The zero-order chi connectivity index (χ0) is 17.5. The molecule has 1 saturated heterocycles. The molecule has 2 aromatic rings. The summed E-state index contributed by atoms with van der Waals surface area (Å²) >= 11 is 6.31. The Morgan fingerprint density at radius 3 is 2.52 bits per heavy atom. The molecular formula is C19H21ClN2O3. The molecule has 6 heteroatoms. The molecule has 0 aromatic heterocycles. The van der Waals surface area contributed by atoms with Crippen molar-refractivity contribution in [2.24, 2.45) is 0 Å². The Hall–Kier alpha value is -2.24. The van der Waals surface area contributed by atoms with Gasteiger partial charge in [0.15, 0.2) is 0 Å². The molecule has 132 valence electrons. The van der Waals surface area contributed by atoms with E-state index >= 15 is 0 Å². The summed E-state index contributed by atoms with van der Waals surface area (Å²) in [6, 6.07) is 15.1. The van der Waals surface area contributed by atoms with Gasteiger partial charge in [-0.1, -0.05) is 35.9 Å². The average molecular weight is 361 g/mol. The van der Waals surface area contributed by atoms with Gasteiger partial charge in [-0.15, -0.1) is 0 Å². The number of nitrogens with one attached hydrogen (secondary N) is 2. The Bertz CT molecular complexity index is 709. The van der Waals surface area contributed by atoms with Gasteiger partial charge in [0.1, 0.15) is 24.7 Å². The Labute approximate surface area is 152 Å². The predicted molar refractivity (Wildman–Crippen MR) is 97.1 cm³/mol. The zero-order valence-corrected chi connectivity index (χ0v) is 14.6. The highest BCUT2D eigenvalue weighted by molar-refractivity contribution is 6.31. The first kappa shape index (κ1) is 17.6. The van der Waals surface area contributed by atoms with Gasteiger partial charge < -0.3 is 20.1 Å². The standard InChI is InChI=1S/C19H21ClN2O3/c20-17-12-16(25-11-10-24-15-4-2-1-3-5-15)7-6-14(17)13-22-18-8-9-21-19(18)23/h1-7,12,18,22H,8-11,13H2,(H,21,23). The van der Waals surface area contributed by atoms with E-state index < -0.39 is 0 Å². The van der Waals surface area contributed by atoms with Crippen molar-refractivity contribution in [1.29, 1.82) is 0 Å². The lowest BCUT2D eigenvalue weighted by molar-refractivity contribution is -0.120. The Kier molecular flexibility index (Phi) is 6.14. The molecule has 1 aliphatic heterocycles. The third-order valence-corrected chi connectivity index (χ3v) is 4.33. The third-order valence-electron chi connectivity index (χ3n) is 3.98. The Morgan fingerprint density at radius 2 is 1.84 bits per heavy atom. The lowest BCUT2D eigenvalue weighted by atomic mass is 10.2. The highest BCUT2D eigenvalue weighted by Gasteiger charge is 2.23. The van der Waals surface area contributed by atoms with Crippen molar-refractivity contribution in [2.75, 3.05) is 19.8 Å². The van der Waals surface area contributed by atoms with Gasteiger partial charge in [-0.3, -0.25) is 4.79 Å². The van der Waals surface area contributed by atoms with E-state index in [-0.39, 0.29) is 11.9 Å². The molecule has 0 saturated carbocycles. The van der Waals surface area contributed by atoms with E-state index in [1.54, 1.807) is 6.07 Å². The van der Waals surface area contributed by atoms with Crippen molar-refractivity contribution in [1.82, 2.24) is 10.6 Å². The number of halogens is 1. The van der Waals surface area contributed by atoms with Crippen molar-refractivity contribution in [3.05, 3.63) is 59.1 Å². The summed E-state index contributed by atoms with van der Waals surface area (Å²) < 4.78 is 11.2. The zero-order valence-electron chi connectivity index (χ0n) is 13.8. The second-order valence-electron chi connectivity index (χ2n) is 5.78. The van der Waals surface area contributed by atoms with Crippen LogP contribution in [0.3, 0.4) is 0 Å². The van der Waals surface area contributed by atoms with E-state index in [0.717, 1.165) is 24.3 Å². The Morgan fingerprint density at radius 1 is 1.08 bits per heavy atom. The lowest BCUT2D eigenvalue weighted by Gasteiger charge is -2.12. The largest absolute Gasteiger partial charge is 0.490 e. The highest BCUT2D eigenvalue weighted by Crippen LogP contribution is 2.23. The minimum Gasteiger partial charge on any atom is -0.490 e. The summed E-state index contributed by atoms with van der Waals surface area (Å²) in [5, 5.41) is 6.64. The van der Waals surface area contributed by atoms with Crippen LogP contribution in [0.5, 0.6) is 11.5 Å². The van der Waals surface area contributed by atoms with Gasteiger partial charge in [-0.25, -0.2) is 0 Å². The summed E-state index contributed by atoms with van der Waals surface area (Å²) in [4.78, 5) is 11.5. The normalized spacial score (nSPS) is 16.5. The first-order valence-electron chi connectivity index (χ1n) is 8.32. The maximum atomic E-state index is 11.5. The molecule has 5 nitrogen and oxygen atoms in total. The molecule has 2 N–H and O–H groups in total. The molecule has 1 amide bonds. The Balaban J connectivity index is 1.44. The first-order valence-corrected chi connectivity index (χ1v) is 8.70. The number of amides is 1. The van der Waals surface area contributed by atoms with Crippen LogP contribution in [0.25, 0.3) is 0 Å². The van der Waals surface area contributed by atoms with Gasteiger partial charge >= 0.3 is 0 Å². The minimum atomic E-state index is -0.137. The molecule has 1 heterocycles. The fraction of sp³-hybridized carbons (Fsp3) is 0.316. The molecule has 1 unspecified atom stereocenters. The number of carbonyl (C=O) groups is 1. The number of rotatable bonds is 8. The summed E-state index contributed by atoms with van der Waals surface area (Å²) in [6.07, 6.45) is 0.805. The van der Waals surface area contributed by atoms with Crippen LogP contribution in [-0.4, -0.2) is 31.7 Å². The SMILES string of the molecule is O=C1NCCC1NCc1ccc(OCCOc2ccccc2)cc1Cl. The van der Waals surface area contributed by atoms with E-state index in [2.05, 4.69) is 10.6 Å². The fourth-order valence-electron chi connectivity index (χ4n) is 2.62. The van der Waals surface area contributed by atoms with Crippen LogP contribution in [0, 0.1) is 0 Å². The molecule has 0 spiro atoms. The fourth-order valence-corrected chi connectivity index (χ4v) is 2.86. The number of hydrogen-bond donors (Lipinski definition) is 2. The van der Waals surface area contributed by atoms with Crippen molar-refractivity contribution >= 4 is 17.5 Å². The maximum absolute atomic E-state index is 11.5. The van der Waals surface area contributed by atoms with Gasteiger partial charge in [0, 0.05) is 18.1 Å². The number of hydrogen-bond acceptors (Lipinski definition) is 4. The summed E-state index contributed by atoms with van der Waals surface area (Å²) in [6.45, 7) is 2.17. The summed E-state index contributed by atoms with van der Waals surface area (Å²) in [5.41, 5.74) is 0.939. The highest BCUT2D eigenvalue weighted by atomic mass is 35.5. The quantitative estimate of drug-likeness (QED) is 0.711. The van der Waals surface area contributed by atoms with Crippen LogP contribution in [0.2, 0.25) is 5.02 Å². The molecule has 2 aromatic carbocycles. The van der Waals surface area contributed by atoms with Gasteiger partial charge in [0.25, 0.3) is 0 Å². The molecule has 3 rings (SSSR count). The van der Waals surface area contributed by atoms with Gasteiger partial charge in [0.2, 0.25) is 5.91 Å². The molecule has 1 atom stereocenters. The molecule has 0 radical (unpaired) electrons. The molecule has 0 aliphatic carbocycles. The smallest absolute Gasteiger partial charge is 0.237 e. The van der Waals surface area contributed by atoms with Crippen molar-refractivity contribution in [3.63, 3.8) is 0 Å². The number of carbonyl (C=O) groups excluding carboxylic acids is 1. The van der Waals surface area contributed by atoms with Gasteiger partial charge in [0.05, 0.1) is 6.04 Å². The van der Waals surface area contributed by atoms with Gasteiger partial charge in [-0.2, -0.15) is 0 Å². The topological polar surface area (TPSA) is 59.6 Å². The van der Waals surface area contributed by atoms with Crippen LogP contribution in [0.15, 0.2) is 48.5 Å². The molecule has 25 heavy (non-hydrogen) atoms. The maximum Gasteiger partial charge on any atom is 0.237 e. The second kappa shape index (κ2) is 8.74. The molecule has 0 bridgehead atoms. The number of ether oxygens (including phenoxy) is 2. The van der Waals surface area contributed by atoms with Crippen LogP contribution >= 0.6 is 11.6 Å². The summed E-state index contributed by atoms with van der Waals surface area (Å²) in [5.74, 6) is 1.57. The second-order valence-corrected chi connectivity index (χ2v) is 6.18. The number of benzene rings is 2. The van der Waals surface area contributed by atoms with Gasteiger partial charge in [-0.05, 0) is 36.2 Å². The van der Waals surface area contributed by atoms with E-state index in [1.807, 2.05) is 42.5 Å².